The van der Waals surface area contributed by atoms with Gasteiger partial charge in [-0.1, -0.05) is 351 Å². The Balaban J connectivity index is 0.000000241. The van der Waals surface area contributed by atoms with Gasteiger partial charge in [-0.25, -0.2) is 0 Å². The van der Waals surface area contributed by atoms with Gasteiger partial charge in [-0.3, -0.25) is 0 Å². The first-order valence-electron chi connectivity index (χ1n) is 25.7. The molecule has 8 aromatic rings. The van der Waals surface area contributed by atoms with Gasteiger partial charge in [0.25, 0.3) is 0 Å². The molecule has 0 aliphatic rings. The summed E-state index contributed by atoms with van der Waals surface area (Å²) in [4.78, 5) is 0. The molecule has 0 N–H and O–H groups in total. The SMILES string of the molecule is C[Si](C)(C)N=P(C=P([N-][Si](C)(C)C)(c1ccccc1)c1ccccc1)(c1ccccc1)c1ccccc1.C[Si](C)(C)[N-]P(=C=P([N-][Si](C)(C)C)(c1ccccc1)c1ccccc1)(c1ccccc1)c1ccccc1.[Gd+3]. The summed E-state index contributed by atoms with van der Waals surface area (Å²) in [6, 6.07) is 87.8. The van der Waals surface area contributed by atoms with E-state index < -0.39 is 61.1 Å². The fourth-order valence-corrected chi connectivity index (χ4v) is 43.8. The van der Waals surface area contributed by atoms with Crippen LogP contribution >= 0.6 is 28.2 Å². The van der Waals surface area contributed by atoms with E-state index in [1.165, 1.54) is 42.4 Å². The van der Waals surface area contributed by atoms with Crippen LogP contribution in [0.25, 0.3) is 14.3 Å². The van der Waals surface area contributed by atoms with Crippen LogP contribution in [0.3, 0.4) is 0 Å². The standard InChI is InChI=1S/C31H39N2P2Si2.C31H38N2P2Si2.Gd/c2*1-36(2,3)32-34(28-19-11-7-12-20-28,29-21-13-8-14-22-29)27-35(33-37(4,5)6,30-23-15-9-16-24-30)31-25-17-10-18-26-31;/h7-27H,1-6H3;7-26H,1-6H3;/q-1;-2;+3. The summed E-state index contributed by atoms with van der Waals surface area (Å²) in [5.74, 6) is 0. The molecule has 0 fully saturated rings. The molecule has 4 nitrogen and oxygen atoms in total. The number of hydrogen-bond acceptors (Lipinski definition) is 1. The van der Waals surface area contributed by atoms with Crippen molar-refractivity contribution in [3.05, 3.63) is 257 Å². The molecule has 8 rings (SSSR count). The van der Waals surface area contributed by atoms with E-state index in [9.17, 15) is 0 Å². The topological polar surface area (TPSA) is 54.7 Å². The summed E-state index contributed by atoms with van der Waals surface area (Å²) in [6.45, 7) is 28.2. The third-order valence-corrected chi connectivity index (χ3v) is 39.6. The van der Waals surface area contributed by atoms with E-state index in [0.717, 1.165) is 0 Å². The van der Waals surface area contributed by atoms with E-state index in [0.29, 0.717) is 0 Å². The smallest absolute Gasteiger partial charge is 0.631 e. The van der Waals surface area contributed by atoms with Gasteiger partial charge in [-0.05, 0) is 42.4 Å². The fraction of sp³-hybridized carbons (Fsp3) is 0.194. The molecule has 0 saturated carbocycles. The first-order valence-corrected chi connectivity index (χ1v) is 46.6. The van der Waals surface area contributed by atoms with Crippen molar-refractivity contribution in [3.8, 4) is 0 Å². The first kappa shape index (κ1) is 61.2. The van der Waals surface area contributed by atoms with Crippen molar-refractivity contribution >= 4 is 114 Å². The molecular weight excluding hydrogens is 1190 g/mol. The number of benzene rings is 8. The molecule has 0 bridgehead atoms. The van der Waals surface area contributed by atoms with Crippen LogP contribution in [0, 0.1) is 39.9 Å². The van der Waals surface area contributed by atoms with Gasteiger partial charge < -0.3 is 18.7 Å². The van der Waals surface area contributed by atoms with Crippen LogP contribution in [0.5, 0.6) is 0 Å². The molecule has 0 unspecified atom stereocenters. The zero-order chi connectivity index (χ0) is 53.1. The average molecular weight is 1270 g/mol. The quantitative estimate of drug-likeness (QED) is 0.0684. The zero-order valence-corrected chi connectivity index (χ0v) is 55.9. The van der Waals surface area contributed by atoms with Crippen LogP contribution < -0.4 is 42.4 Å². The number of nitrogens with zero attached hydrogens (tertiary/aromatic N) is 4. The Hall–Kier alpha value is -3.00. The predicted molar refractivity (Wildman–Crippen MR) is 353 cm³/mol. The Kier molecular flexibility index (Phi) is 21.5. The molecule has 0 saturated heterocycles. The number of rotatable bonds is 16. The maximum atomic E-state index is 5.92. The molecule has 0 amide bonds. The minimum Gasteiger partial charge on any atom is -0.631 e. The Morgan fingerprint density at radius 1 is 0.307 bits per heavy atom. The minimum atomic E-state index is -2.45. The van der Waals surface area contributed by atoms with Gasteiger partial charge in [0.1, 0.15) is 0 Å². The number of hydrogen-bond donors (Lipinski definition) is 0. The Morgan fingerprint density at radius 2 is 0.520 bits per heavy atom. The van der Waals surface area contributed by atoms with E-state index in [2.05, 4.69) is 332 Å². The van der Waals surface area contributed by atoms with E-state index in [1.807, 2.05) is 0 Å². The van der Waals surface area contributed by atoms with E-state index >= 15 is 0 Å². The van der Waals surface area contributed by atoms with Crippen molar-refractivity contribution in [2.45, 2.75) is 78.6 Å². The molecule has 0 atom stereocenters. The molecule has 0 aliphatic heterocycles. The van der Waals surface area contributed by atoms with Gasteiger partial charge in [-0.2, -0.15) is 5.17 Å². The van der Waals surface area contributed by atoms with Crippen LogP contribution in [-0.4, -0.2) is 43.7 Å². The molecule has 0 aromatic heterocycles. The zero-order valence-electron chi connectivity index (χ0n) is 46.1. The van der Waals surface area contributed by atoms with Crippen LogP contribution in [-0.2, 0) is 0 Å². The Labute approximate surface area is 489 Å². The maximum absolute atomic E-state index is 5.92. The molecule has 8 aromatic carbocycles. The van der Waals surface area contributed by atoms with Crippen molar-refractivity contribution in [1.29, 1.82) is 0 Å². The Bertz CT molecular complexity index is 3000. The average Bonchev–Trinajstić information content (AvgIpc) is 3.38. The van der Waals surface area contributed by atoms with Gasteiger partial charge in [0.15, 0.2) is 8.24 Å². The van der Waals surface area contributed by atoms with Crippen molar-refractivity contribution in [1.82, 2.24) is 0 Å². The van der Waals surface area contributed by atoms with Crippen molar-refractivity contribution in [2.24, 2.45) is 4.41 Å². The molecule has 0 spiro atoms. The summed E-state index contributed by atoms with van der Waals surface area (Å²) in [5.41, 5.74) is 2.69. The molecule has 0 heterocycles. The van der Waals surface area contributed by atoms with Crippen LogP contribution in [0.2, 0.25) is 78.6 Å². The molecule has 13 heteroatoms. The normalized spacial score (nSPS) is 12.5. The third-order valence-electron chi connectivity index (χ3n) is 11.6. The second kappa shape index (κ2) is 26.3. The van der Waals surface area contributed by atoms with Crippen molar-refractivity contribution in [3.63, 3.8) is 0 Å². The molecule has 1 radical (unpaired) electrons. The second-order valence-corrected chi connectivity index (χ2v) is 54.3. The molecule has 0 aliphatic carbocycles. The summed E-state index contributed by atoms with van der Waals surface area (Å²) in [5, 5.41) is 14.7. The molecular formula is C62H77GdN4P4Si4. The largest absolute Gasteiger partial charge is 3.00 e. The second-order valence-electron chi connectivity index (χ2n) is 22.6. The summed E-state index contributed by atoms with van der Waals surface area (Å²) in [7, 11) is -17.1. The Morgan fingerprint density at radius 3 is 0.733 bits per heavy atom. The fourth-order valence-electron chi connectivity index (χ4n) is 9.15. The third kappa shape index (κ3) is 16.1. The minimum absolute atomic E-state index is 0. The van der Waals surface area contributed by atoms with Gasteiger partial charge in [-0.15, -0.1) is 21.1 Å². The predicted octanol–water partition coefficient (Wildman–Crippen LogP) is 16.4. The molecule has 75 heavy (non-hydrogen) atoms. The van der Waals surface area contributed by atoms with Crippen LogP contribution in [0.4, 0.5) is 0 Å². The van der Waals surface area contributed by atoms with Gasteiger partial charge >= 0.3 is 39.9 Å². The van der Waals surface area contributed by atoms with Gasteiger partial charge in [0, 0.05) is 7.05 Å². The van der Waals surface area contributed by atoms with Crippen molar-refractivity contribution in [2.75, 3.05) is 0 Å². The summed E-state index contributed by atoms with van der Waals surface area (Å²) < 4.78 is 23.6. The van der Waals surface area contributed by atoms with E-state index in [-0.39, 0.29) is 39.9 Å². The van der Waals surface area contributed by atoms with Crippen LogP contribution in [0.1, 0.15) is 0 Å². The first-order chi connectivity index (χ1) is 35.1. The van der Waals surface area contributed by atoms with E-state index in [4.69, 9.17) is 18.7 Å². The maximum Gasteiger partial charge on any atom is 3.00 e. The monoisotopic (exact) mass is 1270 g/mol. The van der Waals surface area contributed by atoms with Gasteiger partial charge in [0.2, 0.25) is 0 Å². The summed E-state index contributed by atoms with van der Waals surface area (Å²) in [6.07, 6.45) is 0. The molecule has 389 valence electrons. The van der Waals surface area contributed by atoms with E-state index in [1.54, 1.807) is 0 Å². The van der Waals surface area contributed by atoms with Crippen LogP contribution in [0.15, 0.2) is 247 Å². The summed E-state index contributed by atoms with van der Waals surface area (Å²) >= 11 is 0. The van der Waals surface area contributed by atoms with Crippen molar-refractivity contribution < 1.29 is 39.9 Å². The van der Waals surface area contributed by atoms with Gasteiger partial charge in [0.05, 0.1) is 0 Å².